The molecule has 2 aromatic carbocycles. The lowest BCUT2D eigenvalue weighted by atomic mass is 10.0. The van der Waals surface area contributed by atoms with Crippen LogP contribution >= 0.6 is 0 Å². The van der Waals surface area contributed by atoms with Crippen molar-refractivity contribution in [3.05, 3.63) is 71.8 Å². The van der Waals surface area contributed by atoms with Crippen LogP contribution in [0.2, 0.25) is 18.1 Å². The third-order valence-electron chi connectivity index (χ3n) is 4.84. The molecule has 2 nitrogen and oxygen atoms in total. The van der Waals surface area contributed by atoms with E-state index >= 15 is 0 Å². The summed E-state index contributed by atoms with van der Waals surface area (Å²) in [6.45, 7) is 6.64. The zero-order valence-corrected chi connectivity index (χ0v) is 16.0. The van der Waals surface area contributed by atoms with E-state index in [0.29, 0.717) is 0 Å². The Hall–Kier alpha value is -1.84. The molecular formula is C21H28O2Si. The van der Waals surface area contributed by atoms with Gasteiger partial charge in [-0.3, -0.25) is 0 Å². The normalized spacial score (nSPS) is 12.7. The number of hydrogen-bond donors (Lipinski definition) is 1. The quantitative estimate of drug-likeness (QED) is 0.387. The minimum atomic E-state index is -1.84. The highest BCUT2D eigenvalue weighted by molar-refractivity contribution is 6.74. The molecule has 128 valence electrons. The predicted octanol–water partition coefficient (Wildman–Crippen LogP) is 5.57. The number of hydrogen-bond acceptors (Lipinski definition) is 2. The first-order valence-corrected chi connectivity index (χ1v) is 11.4. The zero-order chi connectivity index (χ0) is 17.4. The maximum absolute atomic E-state index is 10.1. The average molecular weight is 341 g/mol. The molecule has 0 saturated carbocycles. The number of rotatable bonds is 8. The lowest BCUT2D eigenvalue weighted by Crippen LogP contribution is -2.35. The second-order valence-electron chi connectivity index (χ2n) is 6.04. The van der Waals surface area contributed by atoms with E-state index < -0.39 is 8.32 Å². The van der Waals surface area contributed by atoms with Crippen LogP contribution in [0.5, 0.6) is 0 Å². The van der Waals surface area contributed by atoms with E-state index in [2.05, 4.69) is 32.9 Å². The van der Waals surface area contributed by atoms with E-state index in [1.807, 2.05) is 48.5 Å². The van der Waals surface area contributed by atoms with Crippen molar-refractivity contribution in [3.63, 3.8) is 0 Å². The van der Waals surface area contributed by atoms with Gasteiger partial charge in [-0.1, -0.05) is 81.4 Å². The summed E-state index contributed by atoms with van der Waals surface area (Å²) in [5, 5.41) is 10.1. The van der Waals surface area contributed by atoms with Crippen LogP contribution in [0, 0.1) is 0 Å². The minimum absolute atomic E-state index is 0.0319. The van der Waals surface area contributed by atoms with E-state index in [1.54, 1.807) is 0 Å². The van der Waals surface area contributed by atoms with Crippen molar-refractivity contribution in [1.82, 2.24) is 0 Å². The number of aliphatic hydroxyl groups excluding tert-OH is 1. The fourth-order valence-corrected chi connectivity index (χ4v) is 5.61. The molecule has 0 saturated heterocycles. The highest BCUT2D eigenvalue weighted by Gasteiger charge is 2.32. The third kappa shape index (κ3) is 4.16. The molecular weight excluding hydrogens is 312 g/mol. The molecule has 1 N–H and O–H groups in total. The molecule has 2 rings (SSSR count). The topological polar surface area (TPSA) is 29.5 Å². The summed E-state index contributed by atoms with van der Waals surface area (Å²) in [7, 11) is -1.84. The lowest BCUT2D eigenvalue weighted by molar-refractivity contribution is 0.347. The minimum Gasteiger partial charge on any atom is -0.543 e. The van der Waals surface area contributed by atoms with Crippen LogP contribution in [0.4, 0.5) is 0 Å². The Bertz CT molecular complexity index is 638. The van der Waals surface area contributed by atoms with Crippen molar-refractivity contribution in [1.29, 1.82) is 0 Å². The van der Waals surface area contributed by atoms with Crippen LogP contribution in [0.3, 0.4) is 0 Å². The molecule has 0 aliphatic heterocycles. The van der Waals surface area contributed by atoms with E-state index in [1.165, 1.54) is 0 Å². The first kappa shape index (κ1) is 18.5. The fourth-order valence-electron chi connectivity index (χ4n) is 3.00. The van der Waals surface area contributed by atoms with E-state index in [9.17, 15) is 5.11 Å². The molecule has 0 bridgehead atoms. The second kappa shape index (κ2) is 8.86. The maximum Gasteiger partial charge on any atom is 0.250 e. The van der Waals surface area contributed by atoms with Gasteiger partial charge in [0.2, 0.25) is 0 Å². The first-order valence-electron chi connectivity index (χ1n) is 8.83. The molecule has 0 atom stereocenters. The molecule has 0 unspecified atom stereocenters. The van der Waals surface area contributed by atoms with Crippen molar-refractivity contribution in [2.24, 2.45) is 0 Å². The summed E-state index contributed by atoms with van der Waals surface area (Å²) in [6, 6.07) is 23.4. The SMILES string of the molecule is CC[Si](CC)(CC)O/C(=C(/CO)c1ccccc1)c1ccccc1. The Labute approximate surface area is 146 Å². The van der Waals surface area contributed by atoms with Gasteiger partial charge in [-0.2, -0.15) is 0 Å². The van der Waals surface area contributed by atoms with Gasteiger partial charge in [0, 0.05) is 11.1 Å². The zero-order valence-electron chi connectivity index (χ0n) is 15.0. The van der Waals surface area contributed by atoms with Crippen molar-refractivity contribution < 1.29 is 9.53 Å². The third-order valence-corrected chi connectivity index (χ3v) is 9.35. The Morgan fingerprint density at radius 1 is 0.792 bits per heavy atom. The van der Waals surface area contributed by atoms with Gasteiger partial charge in [0.25, 0.3) is 8.32 Å². The highest BCUT2D eigenvalue weighted by atomic mass is 28.4. The largest absolute Gasteiger partial charge is 0.543 e. The van der Waals surface area contributed by atoms with E-state index in [0.717, 1.165) is 40.6 Å². The van der Waals surface area contributed by atoms with Crippen LogP contribution in [-0.2, 0) is 4.43 Å². The van der Waals surface area contributed by atoms with Gasteiger partial charge in [-0.05, 0) is 23.7 Å². The Morgan fingerprint density at radius 3 is 1.67 bits per heavy atom. The molecule has 24 heavy (non-hydrogen) atoms. The maximum atomic E-state index is 10.1. The van der Waals surface area contributed by atoms with Gasteiger partial charge >= 0.3 is 0 Å². The summed E-state index contributed by atoms with van der Waals surface area (Å²) >= 11 is 0. The molecule has 0 radical (unpaired) electrons. The Balaban J connectivity index is 2.60. The molecule has 3 heteroatoms. The first-order chi connectivity index (χ1) is 11.7. The summed E-state index contributed by atoms with van der Waals surface area (Å²) in [5.41, 5.74) is 2.93. The van der Waals surface area contributed by atoms with Gasteiger partial charge < -0.3 is 9.53 Å². The standard InChI is InChI=1S/C21H28O2Si/c1-4-24(5-2,6-3)23-21(19-15-11-8-12-16-19)20(17-22)18-13-9-7-10-14-18/h7-16,22H,4-6,17H2,1-3H3/b21-20-. The van der Waals surface area contributed by atoms with E-state index in [4.69, 9.17) is 4.43 Å². The Kier molecular flexibility index (Phi) is 6.82. The van der Waals surface area contributed by atoms with Gasteiger partial charge in [0.15, 0.2) is 0 Å². The molecule has 0 amide bonds. The van der Waals surface area contributed by atoms with Crippen LogP contribution in [-0.4, -0.2) is 20.0 Å². The van der Waals surface area contributed by atoms with Crippen LogP contribution in [0.25, 0.3) is 11.3 Å². The van der Waals surface area contributed by atoms with Gasteiger partial charge in [0.1, 0.15) is 5.76 Å². The molecule has 0 heterocycles. The molecule has 0 spiro atoms. The average Bonchev–Trinajstić information content (AvgIpc) is 2.67. The van der Waals surface area contributed by atoms with Gasteiger partial charge in [-0.15, -0.1) is 0 Å². The highest BCUT2D eigenvalue weighted by Crippen LogP contribution is 2.34. The second-order valence-corrected chi connectivity index (χ2v) is 10.7. The number of aliphatic hydroxyl groups is 1. The molecule has 0 aromatic heterocycles. The monoisotopic (exact) mass is 340 g/mol. The summed E-state index contributed by atoms with van der Waals surface area (Å²) in [4.78, 5) is 0. The van der Waals surface area contributed by atoms with Crippen molar-refractivity contribution in [3.8, 4) is 0 Å². The van der Waals surface area contributed by atoms with Crippen LogP contribution < -0.4 is 0 Å². The summed E-state index contributed by atoms with van der Waals surface area (Å²) < 4.78 is 6.74. The van der Waals surface area contributed by atoms with Crippen LogP contribution in [0.15, 0.2) is 60.7 Å². The molecule has 2 aromatic rings. The molecule has 0 fully saturated rings. The van der Waals surface area contributed by atoms with Gasteiger partial charge in [0.05, 0.1) is 6.61 Å². The number of benzene rings is 2. The van der Waals surface area contributed by atoms with E-state index in [-0.39, 0.29) is 6.61 Å². The van der Waals surface area contributed by atoms with Crippen LogP contribution in [0.1, 0.15) is 31.9 Å². The fraction of sp³-hybridized carbons (Fsp3) is 0.333. The predicted molar refractivity (Wildman–Crippen MR) is 105 cm³/mol. The smallest absolute Gasteiger partial charge is 0.250 e. The van der Waals surface area contributed by atoms with Crippen molar-refractivity contribution >= 4 is 19.6 Å². The van der Waals surface area contributed by atoms with Crippen molar-refractivity contribution in [2.75, 3.05) is 6.61 Å². The summed E-state index contributed by atoms with van der Waals surface area (Å²) in [5.74, 6) is 0.849. The summed E-state index contributed by atoms with van der Waals surface area (Å²) in [6.07, 6.45) is 0. The molecule has 0 aliphatic rings. The Morgan fingerprint density at radius 2 is 1.25 bits per heavy atom. The lowest BCUT2D eigenvalue weighted by Gasteiger charge is -2.32. The van der Waals surface area contributed by atoms with Gasteiger partial charge in [-0.25, -0.2) is 0 Å². The molecule has 0 aliphatic carbocycles. The van der Waals surface area contributed by atoms with Crippen molar-refractivity contribution in [2.45, 2.75) is 38.9 Å².